The number of hydrogen-bond donors (Lipinski definition) is 0. The van der Waals surface area contributed by atoms with Crippen molar-refractivity contribution >= 4 is 17.3 Å². The van der Waals surface area contributed by atoms with E-state index in [0.29, 0.717) is 11.6 Å². The van der Waals surface area contributed by atoms with Gasteiger partial charge in [0, 0.05) is 25.7 Å². The molecule has 2 aromatic carbocycles. The molecule has 0 unspecified atom stereocenters. The van der Waals surface area contributed by atoms with E-state index < -0.39 is 17.0 Å². The number of ether oxygens (including phenoxy) is 1. The molecule has 0 fully saturated rings. The summed E-state index contributed by atoms with van der Waals surface area (Å²) in [7, 11) is 3.37. The van der Waals surface area contributed by atoms with E-state index in [2.05, 4.69) is 10.2 Å². The minimum absolute atomic E-state index is 0.0624. The molecule has 1 aromatic heterocycles. The van der Waals surface area contributed by atoms with Gasteiger partial charge in [0.15, 0.2) is 6.10 Å². The zero-order chi connectivity index (χ0) is 21.1. The maximum atomic E-state index is 12.5. The second-order valence-electron chi connectivity index (χ2n) is 6.71. The first kappa shape index (κ1) is 20.0. The molecule has 1 heterocycles. The highest BCUT2D eigenvalue weighted by molar-refractivity contribution is 5.91. The number of aryl methyl sites for hydroxylation is 1. The summed E-state index contributed by atoms with van der Waals surface area (Å²) < 4.78 is 11.0. The Bertz CT molecular complexity index is 1040. The second-order valence-corrected chi connectivity index (χ2v) is 6.71. The van der Waals surface area contributed by atoms with Crippen LogP contribution >= 0.6 is 0 Å². The van der Waals surface area contributed by atoms with Gasteiger partial charge in [-0.05, 0) is 38.1 Å². The number of anilines is 1. The molecule has 9 nitrogen and oxygen atoms in total. The summed E-state index contributed by atoms with van der Waals surface area (Å²) in [5.74, 6) is -0.275. The summed E-state index contributed by atoms with van der Waals surface area (Å²) >= 11 is 0. The van der Waals surface area contributed by atoms with Crippen LogP contribution in [0.1, 0.15) is 34.8 Å². The van der Waals surface area contributed by atoms with Gasteiger partial charge in [0.2, 0.25) is 5.89 Å². The smallest absolute Gasteiger partial charge is 0.339 e. The third-order valence-electron chi connectivity index (χ3n) is 4.26. The molecular formula is C20H20N4O5. The molecule has 0 aliphatic carbocycles. The fraction of sp³-hybridized carbons (Fsp3) is 0.250. The van der Waals surface area contributed by atoms with Crippen LogP contribution in [0.25, 0.3) is 11.5 Å². The lowest BCUT2D eigenvalue weighted by Gasteiger charge is -2.14. The Labute approximate surface area is 167 Å². The summed E-state index contributed by atoms with van der Waals surface area (Å²) in [5.41, 5.74) is 2.12. The molecule has 0 saturated heterocycles. The molecule has 29 heavy (non-hydrogen) atoms. The number of carbonyl (C=O) groups excluding carboxylic acids is 1. The van der Waals surface area contributed by atoms with Crippen molar-refractivity contribution in [2.45, 2.75) is 20.0 Å². The van der Waals surface area contributed by atoms with Crippen molar-refractivity contribution in [2.75, 3.05) is 19.0 Å². The normalized spacial score (nSPS) is 11.7. The van der Waals surface area contributed by atoms with E-state index in [4.69, 9.17) is 9.15 Å². The molecule has 3 aromatic rings. The van der Waals surface area contributed by atoms with Gasteiger partial charge in [-0.15, -0.1) is 10.2 Å². The number of benzene rings is 2. The highest BCUT2D eigenvalue weighted by Crippen LogP contribution is 2.29. The van der Waals surface area contributed by atoms with E-state index >= 15 is 0 Å². The average molecular weight is 396 g/mol. The number of nitrogens with zero attached hydrogens (tertiary/aromatic N) is 4. The monoisotopic (exact) mass is 396 g/mol. The van der Waals surface area contributed by atoms with Gasteiger partial charge in [-0.3, -0.25) is 10.1 Å². The molecule has 0 spiro atoms. The highest BCUT2D eigenvalue weighted by Gasteiger charge is 2.23. The maximum Gasteiger partial charge on any atom is 0.339 e. The van der Waals surface area contributed by atoms with Crippen LogP contribution < -0.4 is 4.90 Å². The molecule has 0 saturated carbocycles. The molecule has 0 aliphatic rings. The van der Waals surface area contributed by atoms with Gasteiger partial charge in [-0.2, -0.15) is 0 Å². The van der Waals surface area contributed by atoms with Gasteiger partial charge in [0.05, 0.1) is 10.5 Å². The number of esters is 1. The number of rotatable bonds is 6. The third kappa shape index (κ3) is 4.40. The van der Waals surface area contributed by atoms with Crippen molar-refractivity contribution in [1.82, 2.24) is 10.2 Å². The number of aromatic nitrogens is 2. The van der Waals surface area contributed by atoms with E-state index in [0.717, 1.165) is 11.1 Å². The summed E-state index contributed by atoms with van der Waals surface area (Å²) in [6, 6.07) is 11.7. The Morgan fingerprint density at radius 1 is 1.17 bits per heavy atom. The Morgan fingerprint density at radius 3 is 2.48 bits per heavy atom. The minimum atomic E-state index is -0.818. The van der Waals surface area contributed by atoms with Gasteiger partial charge in [-0.1, -0.05) is 17.7 Å². The number of nitro benzene ring substituents is 1. The molecular weight excluding hydrogens is 376 g/mol. The van der Waals surface area contributed by atoms with Gasteiger partial charge in [-0.25, -0.2) is 4.79 Å². The molecule has 9 heteroatoms. The SMILES string of the molecule is Cc1ccc(-c2nnc([C@H](C)OC(=O)c3ccc(N(C)C)c([N+](=O)[O-])c3)o2)cc1. The van der Waals surface area contributed by atoms with E-state index in [9.17, 15) is 14.9 Å². The number of carbonyl (C=O) groups is 1. The van der Waals surface area contributed by atoms with Crippen molar-refractivity contribution in [1.29, 1.82) is 0 Å². The average Bonchev–Trinajstić information content (AvgIpc) is 3.18. The summed E-state index contributed by atoms with van der Waals surface area (Å²) in [6.07, 6.45) is -0.818. The van der Waals surface area contributed by atoms with Crippen LogP contribution in [-0.4, -0.2) is 35.2 Å². The Morgan fingerprint density at radius 2 is 1.86 bits per heavy atom. The van der Waals surface area contributed by atoms with Gasteiger partial charge in [0.1, 0.15) is 5.69 Å². The first-order chi connectivity index (χ1) is 13.8. The van der Waals surface area contributed by atoms with Crippen LogP contribution in [0.4, 0.5) is 11.4 Å². The van der Waals surface area contributed by atoms with Crippen LogP contribution in [0.15, 0.2) is 46.9 Å². The lowest BCUT2D eigenvalue weighted by atomic mass is 10.1. The Kier molecular flexibility index (Phi) is 5.58. The lowest BCUT2D eigenvalue weighted by Crippen LogP contribution is -2.13. The van der Waals surface area contributed by atoms with Crippen molar-refractivity contribution in [2.24, 2.45) is 0 Å². The quantitative estimate of drug-likeness (QED) is 0.350. The standard InChI is InChI=1S/C20H20N4O5/c1-12-5-7-14(8-6-12)19-22-21-18(29-19)13(2)28-20(25)15-9-10-16(23(3)4)17(11-15)24(26)27/h5-11,13H,1-4H3/t13-/m0/s1. The summed E-state index contributed by atoms with van der Waals surface area (Å²) in [4.78, 5) is 24.8. The zero-order valence-corrected chi connectivity index (χ0v) is 16.4. The lowest BCUT2D eigenvalue weighted by molar-refractivity contribution is -0.384. The summed E-state index contributed by atoms with van der Waals surface area (Å²) in [6.45, 7) is 3.56. The zero-order valence-electron chi connectivity index (χ0n) is 16.4. The van der Waals surface area contributed by atoms with E-state index in [1.165, 1.54) is 18.2 Å². The predicted octanol–water partition coefficient (Wildman–Crippen LogP) is 3.94. The van der Waals surface area contributed by atoms with Crippen molar-refractivity contribution < 1.29 is 18.9 Å². The van der Waals surface area contributed by atoms with Crippen LogP contribution in [0.5, 0.6) is 0 Å². The largest absolute Gasteiger partial charge is 0.449 e. The third-order valence-corrected chi connectivity index (χ3v) is 4.26. The molecule has 0 bridgehead atoms. The molecule has 3 rings (SSSR count). The van der Waals surface area contributed by atoms with Crippen LogP contribution in [-0.2, 0) is 4.74 Å². The van der Waals surface area contributed by atoms with E-state index in [-0.39, 0.29) is 17.1 Å². The van der Waals surface area contributed by atoms with E-state index in [1.807, 2.05) is 31.2 Å². The van der Waals surface area contributed by atoms with Gasteiger partial charge < -0.3 is 14.1 Å². The maximum absolute atomic E-state index is 12.5. The molecule has 0 aliphatic heterocycles. The molecule has 1 atom stereocenters. The van der Waals surface area contributed by atoms with E-state index in [1.54, 1.807) is 25.9 Å². The highest BCUT2D eigenvalue weighted by atomic mass is 16.6. The molecule has 150 valence electrons. The topological polar surface area (TPSA) is 112 Å². The fourth-order valence-corrected chi connectivity index (χ4v) is 2.67. The number of nitro groups is 1. The first-order valence-corrected chi connectivity index (χ1v) is 8.83. The molecule has 0 N–H and O–H groups in total. The minimum Gasteiger partial charge on any atom is -0.449 e. The Balaban J connectivity index is 1.76. The van der Waals surface area contributed by atoms with Gasteiger partial charge in [0.25, 0.3) is 11.6 Å². The molecule has 0 radical (unpaired) electrons. The first-order valence-electron chi connectivity index (χ1n) is 8.83. The predicted molar refractivity (Wildman–Crippen MR) is 106 cm³/mol. The van der Waals surface area contributed by atoms with Crippen LogP contribution in [0.3, 0.4) is 0 Å². The molecule has 0 amide bonds. The fourth-order valence-electron chi connectivity index (χ4n) is 2.67. The summed E-state index contributed by atoms with van der Waals surface area (Å²) in [5, 5.41) is 19.2. The van der Waals surface area contributed by atoms with Gasteiger partial charge >= 0.3 is 5.97 Å². The van der Waals surface area contributed by atoms with Crippen LogP contribution in [0.2, 0.25) is 0 Å². The van der Waals surface area contributed by atoms with Crippen LogP contribution in [0, 0.1) is 17.0 Å². The van der Waals surface area contributed by atoms with Crippen molar-refractivity contribution in [3.8, 4) is 11.5 Å². The van der Waals surface area contributed by atoms with Crippen molar-refractivity contribution in [3.63, 3.8) is 0 Å². The second kappa shape index (κ2) is 8.09. The van der Waals surface area contributed by atoms with Crippen molar-refractivity contribution in [3.05, 3.63) is 69.6 Å². The Hall–Kier alpha value is -3.75. The number of hydrogen-bond acceptors (Lipinski definition) is 8.